The minimum absolute atomic E-state index is 0.181. The highest BCUT2D eigenvalue weighted by Crippen LogP contribution is 2.25. The van der Waals surface area contributed by atoms with Gasteiger partial charge < -0.3 is 19.4 Å². The first-order valence-corrected chi connectivity index (χ1v) is 9.91. The van der Waals surface area contributed by atoms with Crippen LogP contribution in [0.3, 0.4) is 0 Å². The van der Waals surface area contributed by atoms with E-state index in [4.69, 9.17) is 9.47 Å². The first-order valence-electron chi connectivity index (χ1n) is 9.91. The number of hydrogen-bond acceptors (Lipinski definition) is 7. The summed E-state index contributed by atoms with van der Waals surface area (Å²) in [6.45, 7) is 3.60. The molecular weight excluding hydrogens is 390 g/mol. The number of rotatable bonds is 7. The molecule has 0 spiro atoms. The molecule has 0 unspecified atom stereocenters. The Bertz CT molecular complexity index is 911. The van der Waals surface area contributed by atoms with Gasteiger partial charge in [0.1, 0.15) is 17.1 Å². The second kappa shape index (κ2) is 9.57. The van der Waals surface area contributed by atoms with E-state index in [1.165, 1.54) is 18.0 Å². The summed E-state index contributed by atoms with van der Waals surface area (Å²) in [6, 6.07) is 3.77. The number of ether oxygens (including phenoxy) is 2. The maximum Gasteiger partial charge on any atom is 0.354 e. The van der Waals surface area contributed by atoms with Gasteiger partial charge in [0.15, 0.2) is 0 Å². The Balaban J connectivity index is 1.56. The van der Waals surface area contributed by atoms with Gasteiger partial charge >= 0.3 is 11.9 Å². The van der Waals surface area contributed by atoms with Crippen molar-refractivity contribution in [1.82, 2.24) is 19.2 Å². The van der Waals surface area contributed by atoms with E-state index in [1.807, 2.05) is 21.7 Å². The molecule has 3 heterocycles. The van der Waals surface area contributed by atoms with Crippen molar-refractivity contribution in [2.75, 3.05) is 38.7 Å². The first kappa shape index (κ1) is 21.6. The molecule has 0 atom stereocenters. The summed E-state index contributed by atoms with van der Waals surface area (Å²) in [5, 5.41) is 6.80. The third-order valence-corrected chi connectivity index (χ3v) is 5.18. The smallest absolute Gasteiger partial charge is 0.354 e. The average molecular weight is 417 g/mol. The Morgan fingerprint density at radius 2 is 1.97 bits per heavy atom. The first-order chi connectivity index (χ1) is 14.4. The summed E-state index contributed by atoms with van der Waals surface area (Å²) in [7, 11) is 3.02. The monoisotopic (exact) mass is 417 g/mol. The van der Waals surface area contributed by atoms with Crippen molar-refractivity contribution in [1.29, 1.82) is 0 Å². The summed E-state index contributed by atoms with van der Waals surface area (Å²) in [5.41, 5.74) is 0.769. The molecule has 1 amide bonds. The molecule has 1 saturated heterocycles. The fourth-order valence-corrected chi connectivity index (χ4v) is 3.66. The van der Waals surface area contributed by atoms with Gasteiger partial charge in [0.25, 0.3) is 0 Å². The van der Waals surface area contributed by atoms with Crippen molar-refractivity contribution < 1.29 is 23.9 Å². The number of carbonyl (C=O) groups excluding carboxylic acids is 3. The summed E-state index contributed by atoms with van der Waals surface area (Å²) in [5.74, 6) is -0.771. The molecule has 1 N–H and O–H groups in total. The van der Waals surface area contributed by atoms with Gasteiger partial charge in [-0.25, -0.2) is 9.59 Å². The van der Waals surface area contributed by atoms with Gasteiger partial charge in [-0.05, 0) is 31.9 Å². The fourth-order valence-electron chi connectivity index (χ4n) is 3.66. The largest absolute Gasteiger partial charge is 0.464 e. The summed E-state index contributed by atoms with van der Waals surface area (Å²) in [4.78, 5) is 38.5. The highest BCUT2D eigenvalue weighted by molar-refractivity contribution is 6.00. The van der Waals surface area contributed by atoms with E-state index >= 15 is 0 Å². The van der Waals surface area contributed by atoms with Gasteiger partial charge in [0.2, 0.25) is 5.91 Å². The lowest BCUT2D eigenvalue weighted by molar-refractivity contribution is -0.117. The highest BCUT2D eigenvalue weighted by Gasteiger charge is 2.26. The van der Waals surface area contributed by atoms with Crippen molar-refractivity contribution in [3.8, 4) is 0 Å². The molecule has 0 saturated carbocycles. The third-order valence-electron chi connectivity index (χ3n) is 5.18. The minimum atomic E-state index is -0.519. The van der Waals surface area contributed by atoms with Gasteiger partial charge in [0, 0.05) is 32.4 Å². The molecular formula is C20H27N5O5. The number of aryl methyl sites for hydroxylation is 1. The summed E-state index contributed by atoms with van der Waals surface area (Å²) < 4.78 is 13.2. The molecule has 1 aliphatic heterocycles. The van der Waals surface area contributed by atoms with Crippen LogP contribution in [-0.2, 0) is 21.3 Å². The number of likely N-dealkylation sites (tertiary alicyclic amines) is 1. The number of nitrogens with one attached hydrogen (secondary N) is 1. The predicted molar refractivity (Wildman–Crippen MR) is 108 cm³/mol. The zero-order chi connectivity index (χ0) is 21.7. The van der Waals surface area contributed by atoms with Crippen molar-refractivity contribution in [3.05, 3.63) is 35.8 Å². The Hall–Kier alpha value is -3.14. The van der Waals surface area contributed by atoms with Gasteiger partial charge in [0.05, 0.1) is 26.5 Å². The number of methoxy groups -OCH3 is 1. The van der Waals surface area contributed by atoms with Crippen molar-refractivity contribution in [2.24, 2.45) is 7.05 Å². The molecule has 0 aromatic carbocycles. The van der Waals surface area contributed by atoms with Gasteiger partial charge in [-0.3, -0.25) is 14.4 Å². The van der Waals surface area contributed by atoms with Crippen LogP contribution < -0.4 is 5.32 Å². The van der Waals surface area contributed by atoms with Crippen molar-refractivity contribution >= 4 is 23.7 Å². The van der Waals surface area contributed by atoms with Crippen LogP contribution in [0.4, 0.5) is 5.82 Å². The van der Waals surface area contributed by atoms with Gasteiger partial charge in [-0.1, -0.05) is 0 Å². The predicted octanol–water partition coefficient (Wildman–Crippen LogP) is 1.46. The van der Waals surface area contributed by atoms with E-state index in [0.717, 1.165) is 12.8 Å². The van der Waals surface area contributed by atoms with E-state index < -0.39 is 5.97 Å². The quantitative estimate of drug-likeness (QED) is 0.680. The molecule has 0 bridgehead atoms. The summed E-state index contributed by atoms with van der Waals surface area (Å²) >= 11 is 0. The van der Waals surface area contributed by atoms with Crippen molar-refractivity contribution in [3.63, 3.8) is 0 Å². The molecule has 0 aliphatic carbocycles. The maximum atomic E-state index is 12.5. The van der Waals surface area contributed by atoms with E-state index in [1.54, 1.807) is 20.0 Å². The lowest BCUT2D eigenvalue weighted by Gasteiger charge is -2.32. The van der Waals surface area contributed by atoms with E-state index in [2.05, 4.69) is 10.4 Å². The number of nitrogens with zero attached hydrogens (tertiary/aromatic N) is 4. The van der Waals surface area contributed by atoms with Crippen LogP contribution in [0.2, 0.25) is 0 Å². The van der Waals surface area contributed by atoms with Crippen LogP contribution in [-0.4, -0.2) is 70.4 Å². The van der Waals surface area contributed by atoms with Crippen LogP contribution in [0.25, 0.3) is 0 Å². The molecule has 162 valence electrons. The van der Waals surface area contributed by atoms with Gasteiger partial charge in [-0.2, -0.15) is 5.10 Å². The molecule has 2 aromatic rings. The molecule has 10 heteroatoms. The molecule has 1 aliphatic rings. The topological polar surface area (TPSA) is 108 Å². The molecule has 0 radical (unpaired) electrons. The molecule has 30 heavy (non-hydrogen) atoms. The second-order valence-corrected chi connectivity index (χ2v) is 7.10. The standard InChI is InChI=1S/C20H27N5O5/c1-4-30-19(27)15-12-21-23(2)18(15)22-17(26)13-24-10-7-14(8-11-24)25-9-5-6-16(25)20(28)29-3/h5-6,9,12,14H,4,7-8,10-11,13H2,1-3H3,(H,22,26). The Kier molecular flexibility index (Phi) is 6.88. The molecule has 2 aromatic heterocycles. The SMILES string of the molecule is CCOC(=O)c1cnn(C)c1NC(=O)CN1CCC(n2cccc2C(=O)OC)CC1. The fraction of sp³-hybridized carbons (Fsp3) is 0.500. The van der Waals surface area contributed by atoms with Crippen LogP contribution in [0.15, 0.2) is 24.5 Å². The molecule has 1 fully saturated rings. The zero-order valence-corrected chi connectivity index (χ0v) is 17.5. The number of anilines is 1. The van der Waals surface area contributed by atoms with E-state index in [0.29, 0.717) is 24.6 Å². The van der Waals surface area contributed by atoms with Crippen LogP contribution >= 0.6 is 0 Å². The molecule has 10 nitrogen and oxygen atoms in total. The number of piperidine rings is 1. The Morgan fingerprint density at radius 1 is 1.23 bits per heavy atom. The number of esters is 2. The second-order valence-electron chi connectivity index (χ2n) is 7.10. The number of aromatic nitrogens is 3. The number of amides is 1. The minimum Gasteiger partial charge on any atom is -0.464 e. The Morgan fingerprint density at radius 3 is 2.63 bits per heavy atom. The van der Waals surface area contributed by atoms with E-state index in [9.17, 15) is 14.4 Å². The highest BCUT2D eigenvalue weighted by atomic mass is 16.5. The summed E-state index contributed by atoms with van der Waals surface area (Å²) in [6.07, 6.45) is 4.89. The van der Waals surface area contributed by atoms with E-state index in [-0.39, 0.29) is 36.6 Å². The number of carbonyl (C=O) groups is 3. The van der Waals surface area contributed by atoms with Crippen LogP contribution in [0, 0.1) is 0 Å². The number of hydrogen-bond donors (Lipinski definition) is 1. The average Bonchev–Trinajstić information content (AvgIpc) is 3.36. The third kappa shape index (κ3) is 4.70. The normalized spacial score (nSPS) is 15.0. The lowest BCUT2D eigenvalue weighted by atomic mass is 10.0. The van der Waals surface area contributed by atoms with Crippen molar-refractivity contribution in [2.45, 2.75) is 25.8 Å². The van der Waals surface area contributed by atoms with Gasteiger partial charge in [-0.15, -0.1) is 0 Å². The van der Waals surface area contributed by atoms with Crippen LogP contribution in [0.5, 0.6) is 0 Å². The zero-order valence-electron chi connectivity index (χ0n) is 17.5. The van der Waals surface area contributed by atoms with Crippen LogP contribution in [0.1, 0.15) is 46.7 Å². The maximum absolute atomic E-state index is 12.5. The molecule has 3 rings (SSSR count). The Labute approximate surface area is 174 Å². The lowest BCUT2D eigenvalue weighted by Crippen LogP contribution is -2.40.